The van der Waals surface area contributed by atoms with Gasteiger partial charge in [-0.05, 0) is 0 Å². The van der Waals surface area contributed by atoms with Crippen LogP contribution in [0, 0.1) is 25.0 Å². The molecule has 2 heterocycles. The first-order valence-corrected chi connectivity index (χ1v) is 13.8. The largest absolute Gasteiger partial charge is 6.00 e. The van der Waals surface area contributed by atoms with Crippen LogP contribution in [0.25, 0.3) is 22.3 Å². The van der Waals surface area contributed by atoms with Crippen LogP contribution in [0.3, 0.4) is 0 Å². The van der Waals surface area contributed by atoms with Crippen molar-refractivity contribution in [2.75, 3.05) is 0 Å². The Bertz CT molecular complexity index is 1470. The molecule has 6 aromatic rings. The van der Waals surface area contributed by atoms with Gasteiger partial charge in [-0.1, -0.05) is 135 Å². The third kappa shape index (κ3) is 12.5. The van der Waals surface area contributed by atoms with E-state index < -0.39 is 0 Å². The molecule has 0 bridgehead atoms. The molecular weight excluding hydrogens is 632 g/mol. The van der Waals surface area contributed by atoms with Gasteiger partial charge in [0.1, 0.15) is 0 Å². The number of rotatable bonds is 6. The quantitative estimate of drug-likeness (QED) is 0.0618. The summed E-state index contributed by atoms with van der Waals surface area (Å²) >= 11 is 0. The van der Waals surface area contributed by atoms with Crippen molar-refractivity contribution in [2.24, 2.45) is 0 Å². The molecule has 0 aliphatic carbocycles. The number of aliphatic hydroxyl groups is 4. The van der Waals surface area contributed by atoms with Gasteiger partial charge in [0.2, 0.25) is 0 Å². The van der Waals surface area contributed by atoms with Gasteiger partial charge in [0.05, 0.1) is 0 Å². The van der Waals surface area contributed by atoms with E-state index in [0.29, 0.717) is 22.3 Å². The monoisotopic (exact) mass is 662 g/mol. The van der Waals surface area contributed by atoms with Crippen LogP contribution in [0.1, 0.15) is 22.3 Å². The Morgan fingerprint density at radius 1 is 0.404 bits per heavy atom. The van der Waals surface area contributed by atoms with E-state index in [1.165, 1.54) is 12.7 Å². The van der Waals surface area contributed by atoms with Gasteiger partial charge < -0.3 is 40.4 Å². The fourth-order valence-electron chi connectivity index (χ4n) is 3.86. The maximum absolute atomic E-state index is 9.28. The van der Waals surface area contributed by atoms with Gasteiger partial charge >= 0.3 is 17.1 Å². The number of hydrogen-bond donors (Lipinski definition) is 4. The minimum absolute atomic E-state index is 0. The molecule has 234 valence electrons. The van der Waals surface area contributed by atoms with Crippen molar-refractivity contribution < 1.29 is 37.5 Å². The molecule has 8 nitrogen and oxygen atoms in total. The topological polar surface area (TPSA) is 135 Å². The molecule has 0 amide bonds. The summed E-state index contributed by atoms with van der Waals surface area (Å²) in [6, 6.07) is 37.0. The summed E-state index contributed by atoms with van der Waals surface area (Å²) in [5.74, 6) is 0. The van der Waals surface area contributed by atoms with Crippen molar-refractivity contribution in [2.45, 2.75) is 0 Å². The minimum Gasteiger partial charge on any atom is -0.588 e. The normalized spacial score (nSPS) is 11.2. The van der Waals surface area contributed by atoms with Gasteiger partial charge in [-0.15, -0.1) is 48.5 Å². The van der Waals surface area contributed by atoms with Crippen LogP contribution < -0.4 is 9.97 Å². The molecular formula is C38H30FeN4O4. The third-order valence-electron chi connectivity index (χ3n) is 5.94. The zero-order valence-corrected chi connectivity index (χ0v) is 26.0. The standard InChI is InChI=1S/2C16H12O2.2C3H3N2.Fe/c2*17-11-15(13-7-3-1-4-8-13)16(12-18)14-9-5-2-6-10-14;2*1-2-5-3-4-1;/h2*1-10,17-18H;2*1-3H;/q2*-2;2*-1;+6. The number of allylic oxidation sites excluding steroid dienone is 4. The van der Waals surface area contributed by atoms with Gasteiger partial charge in [0, 0.05) is 0 Å². The van der Waals surface area contributed by atoms with Crippen molar-refractivity contribution in [3.63, 3.8) is 0 Å². The first-order chi connectivity index (χ1) is 22.7. The van der Waals surface area contributed by atoms with Crippen LogP contribution in [-0.4, -0.2) is 30.4 Å². The smallest absolute Gasteiger partial charge is 0.588 e. The number of imidazole rings is 2. The summed E-state index contributed by atoms with van der Waals surface area (Å²) in [5.41, 5.74) is 4.68. The maximum Gasteiger partial charge on any atom is 6.00 e. The van der Waals surface area contributed by atoms with E-state index in [-0.39, 0.29) is 17.1 Å². The van der Waals surface area contributed by atoms with Gasteiger partial charge in [0.25, 0.3) is 0 Å². The van der Waals surface area contributed by atoms with Crippen LogP contribution in [-0.2, 0) is 17.1 Å². The molecule has 0 aliphatic rings. The summed E-state index contributed by atoms with van der Waals surface area (Å²) < 4.78 is 0. The zero-order chi connectivity index (χ0) is 32.7. The van der Waals surface area contributed by atoms with E-state index in [9.17, 15) is 20.4 Å². The molecule has 0 saturated heterocycles. The average molecular weight is 663 g/mol. The second-order valence-corrected chi connectivity index (χ2v) is 8.83. The first kappa shape index (κ1) is 37.2. The van der Waals surface area contributed by atoms with E-state index in [0.717, 1.165) is 22.3 Å². The summed E-state index contributed by atoms with van der Waals surface area (Å²) in [7, 11) is 0. The van der Waals surface area contributed by atoms with Gasteiger partial charge in [0.15, 0.2) is 0 Å². The Balaban J connectivity index is 0.000000248. The molecule has 47 heavy (non-hydrogen) atoms. The van der Waals surface area contributed by atoms with E-state index in [1.54, 1.807) is 24.8 Å². The molecule has 6 rings (SSSR count). The van der Waals surface area contributed by atoms with Crippen molar-refractivity contribution in [3.8, 4) is 0 Å². The van der Waals surface area contributed by atoms with Crippen LogP contribution in [0.5, 0.6) is 0 Å². The predicted molar refractivity (Wildman–Crippen MR) is 178 cm³/mol. The molecule has 0 radical (unpaired) electrons. The van der Waals surface area contributed by atoms with E-state index in [2.05, 4.69) is 45.0 Å². The Morgan fingerprint density at radius 3 is 0.766 bits per heavy atom. The molecule has 4 aromatic carbocycles. The molecule has 4 N–H and O–H groups in total. The Hall–Kier alpha value is -6.02. The van der Waals surface area contributed by atoms with Crippen LogP contribution in [0.15, 0.2) is 159 Å². The average Bonchev–Trinajstić information content (AvgIpc) is 3.92. The van der Waals surface area contributed by atoms with Crippen molar-refractivity contribution >= 4 is 22.3 Å². The van der Waals surface area contributed by atoms with Crippen molar-refractivity contribution in [3.05, 3.63) is 206 Å². The Kier molecular flexibility index (Phi) is 17.8. The van der Waals surface area contributed by atoms with E-state index >= 15 is 0 Å². The second-order valence-electron chi connectivity index (χ2n) is 8.83. The van der Waals surface area contributed by atoms with Gasteiger partial charge in [-0.25, -0.2) is 0 Å². The first-order valence-electron chi connectivity index (χ1n) is 13.8. The number of nitrogens with zero attached hydrogens (tertiary/aromatic N) is 4. The van der Waals surface area contributed by atoms with Crippen molar-refractivity contribution in [1.29, 1.82) is 0 Å². The molecule has 0 fully saturated rings. The molecule has 2 aromatic heterocycles. The fourth-order valence-corrected chi connectivity index (χ4v) is 3.86. The summed E-state index contributed by atoms with van der Waals surface area (Å²) in [4.78, 5) is 14.4. The number of benzene rings is 4. The van der Waals surface area contributed by atoms with Gasteiger partial charge in [-0.3, -0.25) is 22.3 Å². The SMILES string of the molecule is O[C-]=C(C(=[C-]O)c1ccccc1)c1ccccc1.O[C-]=C(C(=[C-]O)c1ccccc1)c1ccccc1.[Fe+6].c1c[n-]cn1.c1c[n-]cn1. The van der Waals surface area contributed by atoms with E-state index in [1.807, 2.05) is 121 Å². The molecule has 9 heteroatoms. The maximum atomic E-state index is 9.28. The molecule has 0 aliphatic heterocycles. The number of aromatic nitrogens is 4. The van der Waals surface area contributed by atoms with Crippen molar-refractivity contribution in [1.82, 2.24) is 19.9 Å². The molecule has 0 spiro atoms. The number of aliphatic hydroxyl groups excluding tert-OH is 4. The second kappa shape index (κ2) is 22.5. The fraction of sp³-hybridized carbons (Fsp3) is 0. The Morgan fingerprint density at radius 2 is 0.638 bits per heavy atom. The van der Waals surface area contributed by atoms with E-state index in [4.69, 9.17) is 0 Å². The minimum atomic E-state index is 0. The van der Waals surface area contributed by atoms with Crippen LogP contribution >= 0.6 is 0 Å². The Labute approximate surface area is 285 Å². The van der Waals surface area contributed by atoms with Gasteiger partial charge in [-0.2, -0.15) is 22.3 Å². The third-order valence-corrected chi connectivity index (χ3v) is 5.94. The van der Waals surface area contributed by atoms with Crippen LogP contribution in [0.4, 0.5) is 0 Å². The molecule has 0 saturated carbocycles. The zero-order valence-electron chi connectivity index (χ0n) is 24.9. The molecule has 0 atom stereocenters. The summed E-state index contributed by atoms with van der Waals surface area (Å²) in [5, 5.41) is 37.1. The number of hydrogen-bond acceptors (Lipinski definition) is 6. The predicted octanol–water partition coefficient (Wildman–Crippen LogP) is 7.66. The molecule has 0 unspecified atom stereocenters. The summed E-state index contributed by atoms with van der Waals surface area (Å²) in [6.07, 6.45) is 18.1. The van der Waals surface area contributed by atoms with Crippen LogP contribution in [0.2, 0.25) is 0 Å². The summed E-state index contributed by atoms with van der Waals surface area (Å²) in [6.45, 7) is 0.